The van der Waals surface area contributed by atoms with Crippen LogP contribution in [0.3, 0.4) is 0 Å². The van der Waals surface area contributed by atoms with Gasteiger partial charge in [-0.3, -0.25) is 9.59 Å². The number of carbonyl (C=O) groups excluding carboxylic acids is 2. The molecule has 0 atom stereocenters. The van der Waals surface area contributed by atoms with Gasteiger partial charge in [-0.2, -0.15) is 0 Å². The molecule has 0 radical (unpaired) electrons. The van der Waals surface area contributed by atoms with Crippen molar-refractivity contribution in [3.63, 3.8) is 0 Å². The Labute approximate surface area is 173 Å². The van der Waals surface area contributed by atoms with Crippen molar-refractivity contribution in [2.24, 2.45) is 0 Å². The average molecular weight is 391 g/mol. The number of rotatable bonds is 6. The molecule has 1 aliphatic rings. The number of hydrogen-bond donors (Lipinski definition) is 1. The number of nitrogens with one attached hydrogen (secondary N) is 1. The van der Waals surface area contributed by atoms with Crippen molar-refractivity contribution in [1.29, 1.82) is 0 Å². The fourth-order valence-electron chi connectivity index (χ4n) is 3.51. The molecule has 1 fully saturated rings. The number of likely N-dealkylation sites (tertiary alicyclic amines) is 1. The van der Waals surface area contributed by atoms with Gasteiger partial charge in [0, 0.05) is 31.3 Å². The van der Waals surface area contributed by atoms with Gasteiger partial charge in [-0.1, -0.05) is 50.2 Å². The van der Waals surface area contributed by atoms with Crippen molar-refractivity contribution in [3.05, 3.63) is 76.9 Å². The van der Waals surface area contributed by atoms with Gasteiger partial charge in [-0.15, -0.1) is 0 Å². The third-order valence-corrected chi connectivity index (χ3v) is 5.31. The first-order valence-electron chi connectivity index (χ1n) is 10.5. The van der Waals surface area contributed by atoms with Gasteiger partial charge >= 0.3 is 0 Å². The van der Waals surface area contributed by atoms with Crippen LogP contribution in [0.15, 0.2) is 54.6 Å². The lowest BCUT2D eigenvalue weighted by molar-refractivity contribution is -0.116. The Kier molecular flexibility index (Phi) is 7.23. The molecular formula is C25H30N2O2. The minimum Gasteiger partial charge on any atom is -0.348 e. The van der Waals surface area contributed by atoms with Gasteiger partial charge in [0.15, 0.2) is 0 Å². The minimum atomic E-state index is -0.148. The summed E-state index contributed by atoms with van der Waals surface area (Å²) in [6, 6.07) is 15.8. The van der Waals surface area contributed by atoms with Crippen molar-refractivity contribution in [3.8, 4) is 0 Å². The lowest BCUT2D eigenvalue weighted by atomic mass is 10.0. The minimum absolute atomic E-state index is 0.0858. The highest BCUT2D eigenvalue weighted by Crippen LogP contribution is 2.16. The van der Waals surface area contributed by atoms with Crippen molar-refractivity contribution in [1.82, 2.24) is 10.2 Å². The zero-order valence-electron chi connectivity index (χ0n) is 17.4. The Hall–Kier alpha value is -2.88. The fraction of sp³-hybridized carbons (Fsp3) is 0.360. The van der Waals surface area contributed by atoms with E-state index in [1.165, 1.54) is 12.0 Å². The normalized spacial score (nSPS) is 14.4. The number of hydrogen-bond acceptors (Lipinski definition) is 2. The third-order valence-electron chi connectivity index (χ3n) is 5.31. The summed E-state index contributed by atoms with van der Waals surface area (Å²) in [6.07, 6.45) is 6.72. The molecule has 0 spiro atoms. The van der Waals surface area contributed by atoms with E-state index >= 15 is 0 Å². The molecule has 0 bridgehead atoms. The maximum atomic E-state index is 12.6. The van der Waals surface area contributed by atoms with Crippen LogP contribution in [-0.2, 0) is 11.3 Å². The SMILES string of the molecule is CC(C)c1ccc(C=CC(=O)NCc2cccc(C(=O)N3CCCCC3)c2)cc1. The van der Waals surface area contributed by atoms with Gasteiger partial charge in [0.25, 0.3) is 5.91 Å². The summed E-state index contributed by atoms with van der Waals surface area (Å²) in [5.74, 6) is 0.433. The van der Waals surface area contributed by atoms with E-state index in [2.05, 4.69) is 31.3 Å². The van der Waals surface area contributed by atoms with Gasteiger partial charge in [0.1, 0.15) is 0 Å². The third kappa shape index (κ3) is 6.05. The highest BCUT2D eigenvalue weighted by Gasteiger charge is 2.18. The van der Waals surface area contributed by atoms with Crippen LogP contribution in [0.5, 0.6) is 0 Å². The fourth-order valence-corrected chi connectivity index (χ4v) is 3.51. The molecule has 2 amide bonds. The Morgan fingerprint density at radius 1 is 1.03 bits per heavy atom. The van der Waals surface area contributed by atoms with Crippen LogP contribution >= 0.6 is 0 Å². The summed E-state index contributed by atoms with van der Waals surface area (Å²) in [6.45, 7) is 6.39. The molecule has 3 rings (SSSR count). The van der Waals surface area contributed by atoms with Gasteiger partial charge in [-0.05, 0) is 60.1 Å². The maximum absolute atomic E-state index is 12.6. The van der Waals surface area contributed by atoms with E-state index in [4.69, 9.17) is 0 Å². The Balaban J connectivity index is 1.54. The summed E-state index contributed by atoms with van der Waals surface area (Å²) in [5.41, 5.74) is 3.90. The van der Waals surface area contributed by atoms with Gasteiger partial charge in [0.2, 0.25) is 5.91 Å². The monoisotopic (exact) mass is 390 g/mol. The van der Waals surface area contributed by atoms with E-state index in [-0.39, 0.29) is 11.8 Å². The highest BCUT2D eigenvalue weighted by atomic mass is 16.2. The van der Waals surface area contributed by atoms with E-state index in [0.29, 0.717) is 18.0 Å². The van der Waals surface area contributed by atoms with Crippen LogP contribution in [0.4, 0.5) is 0 Å². The number of benzene rings is 2. The summed E-state index contributed by atoms with van der Waals surface area (Å²) in [7, 11) is 0. The van der Waals surface area contributed by atoms with Crippen LogP contribution in [-0.4, -0.2) is 29.8 Å². The maximum Gasteiger partial charge on any atom is 0.253 e. The summed E-state index contributed by atoms with van der Waals surface area (Å²) in [5, 5.41) is 2.89. The average Bonchev–Trinajstić information content (AvgIpc) is 2.77. The predicted molar refractivity (Wildman–Crippen MR) is 118 cm³/mol. The van der Waals surface area contributed by atoms with Crippen molar-refractivity contribution in [2.45, 2.75) is 45.6 Å². The Bertz CT molecular complexity index is 863. The van der Waals surface area contributed by atoms with Crippen LogP contribution < -0.4 is 5.32 Å². The van der Waals surface area contributed by atoms with E-state index in [1.54, 1.807) is 6.08 Å². The quantitative estimate of drug-likeness (QED) is 0.723. The van der Waals surface area contributed by atoms with Gasteiger partial charge in [-0.25, -0.2) is 0 Å². The molecule has 0 saturated carbocycles. The van der Waals surface area contributed by atoms with Gasteiger partial charge in [0.05, 0.1) is 0 Å². The van der Waals surface area contributed by atoms with Crippen LogP contribution in [0.1, 0.15) is 66.1 Å². The van der Waals surface area contributed by atoms with E-state index in [9.17, 15) is 9.59 Å². The first-order chi connectivity index (χ1) is 14.0. The number of piperidine rings is 1. The molecule has 1 heterocycles. The summed E-state index contributed by atoms with van der Waals surface area (Å²) in [4.78, 5) is 26.7. The zero-order valence-corrected chi connectivity index (χ0v) is 17.4. The van der Waals surface area contributed by atoms with Crippen LogP contribution in [0.2, 0.25) is 0 Å². The molecule has 152 valence electrons. The zero-order chi connectivity index (χ0) is 20.6. The van der Waals surface area contributed by atoms with E-state index < -0.39 is 0 Å². The Morgan fingerprint density at radius 2 is 1.76 bits per heavy atom. The largest absolute Gasteiger partial charge is 0.348 e. The van der Waals surface area contributed by atoms with E-state index in [1.807, 2.05) is 47.4 Å². The Morgan fingerprint density at radius 3 is 2.45 bits per heavy atom. The molecule has 0 aromatic heterocycles. The lowest BCUT2D eigenvalue weighted by Gasteiger charge is -2.26. The smallest absolute Gasteiger partial charge is 0.253 e. The predicted octanol–water partition coefficient (Wildman–Crippen LogP) is 4.77. The standard InChI is InChI=1S/C25H30N2O2/c1-19(2)22-12-9-20(10-13-22)11-14-24(28)26-18-21-7-6-8-23(17-21)25(29)27-15-4-3-5-16-27/h6-14,17,19H,3-5,15-16,18H2,1-2H3,(H,26,28). The van der Waals surface area contributed by atoms with Crippen LogP contribution in [0, 0.1) is 0 Å². The van der Waals surface area contributed by atoms with Crippen molar-refractivity contribution < 1.29 is 9.59 Å². The molecule has 1 aliphatic heterocycles. The molecule has 2 aromatic rings. The van der Waals surface area contributed by atoms with Crippen LogP contribution in [0.25, 0.3) is 6.08 Å². The molecule has 2 aromatic carbocycles. The molecule has 1 saturated heterocycles. The van der Waals surface area contributed by atoms with E-state index in [0.717, 1.165) is 37.1 Å². The van der Waals surface area contributed by atoms with Gasteiger partial charge < -0.3 is 10.2 Å². The molecule has 0 unspecified atom stereocenters. The molecule has 4 heteroatoms. The highest BCUT2D eigenvalue weighted by molar-refractivity contribution is 5.94. The molecule has 1 N–H and O–H groups in total. The first-order valence-corrected chi connectivity index (χ1v) is 10.5. The topological polar surface area (TPSA) is 49.4 Å². The number of amides is 2. The molecule has 0 aliphatic carbocycles. The number of nitrogens with zero attached hydrogens (tertiary/aromatic N) is 1. The molecule has 29 heavy (non-hydrogen) atoms. The molecular weight excluding hydrogens is 360 g/mol. The van der Waals surface area contributed by atoms with Crippen molar-refractivity contribution in [2.75, 3.05) is 13.1 Å². The summed E-state index contributed by atoms with van der Waals surface area (Å²) < 4.78 is 0. The second kappa shape index (κ2) is 10.1. The number of carbonyl (C=O) groups is 2. The van der Waals surface area contributed by atoms with Crippen molar-refractivity contribution >= 4 is 17.9 Å². The molecule has 4 nitrogen and oxygen atoms in total. The summed E-state index contributed by atoms with van der Waals surface area (Å²) >= 11 is 0. The second-order valence-corrected chi connectivity index (χ2v) is 7.93. The lowest BCUT2D eigenvalue weighted by Crippen LogP contribution is -2.35. The first kappa shape index (κ1) is 20.8. The second-order valence-electron chi connectivity index (χ2n) is 7.93.